The second-order valence-electron chi connectivity index (χ2n) is 7.30. The quantitative estimate of drug-likeness (QED) is 0.548. The molecule has 3 aromatic rings. The van der Waals surface area contributed by atoms with Crippen molar-refractivity contribution in [3.05, 3.63) is 63.9 Å². The topological polar surface area (TPSA) is 56.1 Å². The molecule has 2 aromatic carbocycles. The van der Waals surface area contributed by atoms with Crippen LogP contribution in [0.5, 0.6) is 0 Å². The Balaban J connectivity index is 2.09. The zero-order chi connectivity index (χ0) is 21.0. The molecule has 0 radical (unpaired) electrons. The van der Waals surface area contributed by atoms with Crippen LogP contribution in [0.2, 0.25) is 5.02 Å². The van der Waals surface area contributed by atoms with Crippen LogP contribution in [-0.2, 0) is 16.0 Å². The second kappa shape index (κ2) is 9.42. The van der Waals surface area contributed by atoms with Crippen LogP contribution < -0.4 is 5.32 Å². The van der Waals surface area contributed by atoms with Crippen molar-refractivity contribution in [3.8, 4) is 0 Å². The number of nitrogens with zero attached hydrogens (tertiary/aromatic N) is 2. The Morgan fingerprint density at radius 3 is 2.66 bits per heavy atom. The number of nitrogens with one attached hydrogen (secondary N) is 1. The number of halogens is 1. The van der Waals surface area contributed by atoms with Crippen molar-refractivity contribution in [2.24, 2.45) is 0 Å². The molecule has 3 rings (SSSR count). The van der Waals surface area contributed by atoms with E-state index in [1.54, 1.807) is 7.11 Å². The molecule has 29 heavy (non-hydrogen) atoms. The van der Waals surface area contributed by atoms with Gasteiger partial charge in [0.25, 0.3) is 0 Å². The van der Waals surface area contributed by atoms with Crippen molar-refractivity contribution in [3.63, 3.8) is 0 Å². The van der Waals surface area contributed by atoms with Crippen LogP contribution in [0.1, 0.15) is 41.9 Å². The Morgan fingerprint density at radius 2 is 1.97 bits per heavy atom. The van der Waals surface area contributed by atoms with Crippen molar-refractivity contribution in [2.75, 3.05) is 20.3 Å². The van der Waals surface area contributed by atoms with Crippen molar-refractivity contribution in [2.45, 2.75) is 39.7 Å². The number of carbonyl (C=O) groups is 1. The van der Waals surface area contributed by atoms with E-state index < -0.39 is 0 Å². The standard InChI is InChI=1S/C23H28ClN3O2/c1-5-20(23(28)25-10-11-29-4)27-21-13-16(3)15(2)12-19(21)26-22(27)14-17-8-6-7-9-18(17)24/h6-9,12-13,20H,5,10-11,14H2,1-4H3,(H,25,28). The van der Waals surface area contributed by atoms with E-state index in [0.717, 1.165) is 22.4 Å². The normalized spacial score (nSPS) is 12.3. The van der Waals surface area contributed by atoms with Gasteiger partial charge in [0.05, 0.1) is 17.6 Å². The molecule has 0 bridgehead atoms. The van der Waals surface area contributed by atoms with Crippen LogP contribution in [0.25, 0.3) is 11.0 Å². The molecule has 154 valence electrons. The van der Waals surface area contributed by atoms with Gasteiger partial charge in [-0.1, -0.05) is 36.7 Å². The molecule has 5 nitrogen and oxygen atoms in total. The van der Waals surface area contributed by atoms with E-state index in [1.165, 1.54) is 11.1 Å². The van der Waals surface area contributed by atoms with Gasteiger partial charge in [-0.25, -0.2) is 4.98 Å². The van der Waals surface area contributed by atoms with E-state index >= 15 is 0 Å². The highest BCUT2D eigenvalue weighted by molar-refractivity contribution is 6.31. The number of aryl methyl sites for hydroxylation is 2. The Labute approximate surface area is 177 Å². The Hall–Kier alpha value is -2.37. The van der Waals surface area contributed by atoms with Gasteiger partial charge in [0, 0.05) is 25.1 Å². The van der Waals surface area contributed by atoms with Gasteiger partial charge in [-0.15, -0.1) is 0 Å². The van der Waals surface area contributed by atoms with Gasteiger partial charge in [0.2, 0.25) is 5.91 Å². The first kappa shape index (κ1) is 21.3. The predicted octanol–water partition coefficient (Wildman–Crippen LogP) is 4.61. The fourth-order valence-corrected chi connectivity index (χ4v) is 3.77. The van der Waals surface area contributed by atoms with Crippen LogP contribution in [0, 0.1) is 13.8 Å². The lowest BCUT2D eigenvalue weighted by atomic mass is 10.1. The minimum Gasteiger partial charge on any atom is -0.383 e. The number of benzene rings is 2. The number of amides is 1. The van der Waals surface area contributed by atoms with E-state index in [9.17, 15) is 4.79 Å². The molecule has 1 heterocycles. The molecule has 1 atom stereocenters. The van der Waals surface area contributed by atoms with Crippen molar-refractivity contribution < 1.29 is 9.53 Å². The largest absolute Gasteiger partial charge is 0.383 e. The van der Waals surface area contributed by atoms with E-state index in [1.807, 2.05) is 31.2 Å². The van der Waals surface area contributed by atoms with Gasteiger partial charge in [-0.05, 0) is 55.2 Å². The Kier molecular flexibility index (Phi) is 6.93. The third kappa shape index (κ3) is 4.62. The van der Waals surface area contributed by atoms with Gasteiger partial charge >= 0.3 is 0 Å². The zero-order valence-corrected chi connectivity index (χ0v) is 18.2. The molecule has 0 saturated carbocycles. The van der Waals surface area contributed by atoms with Crippen LogP contribution in [0.3, 0.4) is 0 Å². The van der Waals surface area contributed by atoms with Crippen molar-refractivity contribution >= 4 is 28.5 Å². The smallest absolute Gasteiger partial charge is 0.243 e. The van der Waals surface area contributed by atoms with Crippen LogP contribution >= 0.6 is 11.6 Å². The van der Waals surface area contributed by atoms with Crippen LogP contribution in [0.4, 0.5) is 0 Å². The average Bonchev–Trinajstić information content (AvgIpc) is 3.02. The first-order chi connectivity index (χ1) is 14.0. The average molecular weight is 414 g/mol. The molecule has 0 spiro atoms. The van der Waals surface area contributed by atoms with Gasteiger partial charge in [0.1, 0.15) is 11.9 Å². The summed E-state index contributed by atoms with van der Waals surface area (Å²) < 4.78 is 7.14. The minimum atomic E-state index is -0.351. The summed E-state index contributed by atoms with van der Waals surface area (Å²) in [5, 5.41) is 3.68. The number of methoxy groups -OCH3 is 1. The van der Waals surface area contributed by atoms with Gasteiger partial charge in [0.15, 0.2) is 0 Å². The maximum atomic E-state index is 13.0. The number of rotatable bonds is 8. The van der Waals surface area contributed by atoms with E-state index in [0.29, 0.717) is 31.0 Å². The van der Waals surface area contributed by atoms with Crippen LogP contribution in [0.15, 0.2) is 36.4 Å². The highest BCUT2D eigenvalue weighted by Gasteiger charge is 2.24. The van der Waals surface area contributed by atoms with Crippen LogP contribution in [-0.4, -0.2) is 35.7 Å². The minimum absolute atomic E-state index is 0.0255. The van der Waals surface area contributed by atoms with Crippen molar-refractivity contribution in [1.82, 2.24) is 14.9 Å². The highest BCUT2D eigenvalue weighted by Crippen LogP contribution is 2.29. The molecular formula is C23H28ClN3O2. The number of aromatic nitrogens is 2. The van der Waals surface area contributed by atoms with Gasteiger partial charge < -0.3 is 14.6 Å². The Morgan fingerprint density at radius 1 is 1.24 bits per heavy atom. The maximum absolute atomic E-state index is 13.0. The third-order valence-corrected chi connectivity index (χ3v) is 5.66. The summed E-state index contributed by atoms with van der Waals surface area (Å²) >= 11 is 6.41. The summed E-state index contributed by atoms with van der Waals surface area (Å²) in [6.07, 6.45) is 1.22. The van der Waals surface area contributed by atoms with E-state index in [-0.39, 0.29) is 11.9 Å². The number of ether oxygens (including phenoxy) is 1. The fourth-order valence-electron chi connectivity index (χ4n) is 3.56. The molecule has 1 unspecified atom stereocenters. The van der Waals surface area contributed by atoms with Gasteiger partial charge in [-0.3, -0.25) is 4.79 Å². The lowest BCUT2D eigenvalue weighted by Gasteiger charge is -2.20. The highest BCUT2D eigenvalue weighted by atomic mass is 35.5. The number of carbonyl (C=O) groups excluding carboxylic acids is 1. The molecule has 0 aliphatic carbocycles. The number of hydrogen-bond acceptors (Lipinski definition) is 3. The SMILES string of the molecule is CCC(C(=O)NCCOC)n1c(Cc2ccccc2Cl)nc2cc(C)c(C)cc21. The lowest BCUT2D eigenvalue weighted by Crippen LogP contribution is -2.35. The molecule has 0 aliphatic heterocycles. The summed E-state index contributed by atoms with van der Waals surface area (Å²) in [7, 11) is 1.62. The summed E-state index contributed by atoms with van der Waals surface area (Å²) in [5.41, 5.74) is 5.23. The van der Waals surface area contributed by atoms with Gasteiger partial charge in [-0.2, -0.15) is 0 Å². The van der Waals surface area contributed by atoms with E-state index in [2.05, 4.69) is 35.9 Å². The molecule has 6 heteroatoms. The molecule has 0 saturated heterocycles. The number of hydrogen-bond donors (Lipinski definition) is 1. The number of imidazole rings is 1. The first-order valence-electron chi connectivity index (χ1n) is 9.94. The molecule has 1 N–H and O–H groups in total. The summed E-state index contributed by atoms with van der Waals surface area (Å²) in [6, 6.07) is 11.6. The predicted molar refractivity (Wildman–Crippen MR) is 118 cm³/mol. The second-order valence-corrected chi connectivity index (χ2v) is 7.71. The zero-order valence-electron chi connectivity index (χ0n) is 17.5. The summed E-state index contributed by atoms with van der Waals surface area (Å²) in [6.45, 7) is 7.15. The third-order valence-electron chi connectivity index (χ3n) is 5.29. The lowest BCUT2D eigenvalue weighted by molar-refractivity contribution is -0.124. The monoisotopic (exact) mass is 413 g/mol. The fraction of sp³-hybridized carbons (Fsp3) is 0.391. The van der Waals surface area contributed by atoms with Crippen molar-refractivity contribution in [1.29, 1.82) is 0 Å². The molecule has 0 aliphatic rings. The first-order valence-corrected chi connectivity index (χ1v) is 10.3. The molecule has 1 aromatic heterocycles. The maximum Gasteiger partial charge on any atom is 0.243 e. The molecule has 1 amide bonds. The molecule has 0 fully saturated rings. The Bertz CT molecular complexity index is 1010. The summed E-state index contributed by atoms with van der Waals surface area (Å²) in [5.74, 6) is 0.814. The molecular weight excluding hydrogens is 386 g/mol. The summed E-state index contributed by atoms with van der Waals surface area (Å²) in [4.78, 5) is 17.9. The number of fused-ring (bicyclic) bond motifs is 1. The van der Waals surface area contributed by atoms with E-state index in [4.69, 9.17) is 21.3 Å².